The summed E-state index contributed by atoms with van der Waals surface area (Å²) < 4.78 is 10.7. The summed E-state index contributed by atoms with van der Waals surface area (Å²) in [5, 5.41) is 1.22. The lowest BCUT2D eigenvalue weighted by atomic mass is 10.0. The minimum Gasteiger partial charge on any atom is -0.465 e. The highest BCUT2D eigenvalue weighted by Gasteiger charge is 2.49. The standard InChI is InChI=1S/C18H19ClO4/c1-9(2)8-22-18(21)14-7-13(14)16(20)11-5-12-4-10(3)23-17(12)15(19)6-11/h4-6,9,13-14H,7-8H2,1-3H3/t13-,14-/m0/s1. The Morgan fingerprint density at radius 1 is 1.30 bits per heavy atom. The van der Waals surface area contributed by atoms with E-state index in [0.29, 0.717) is 29.2 Å². The predicted octanol–water partition coefficient (Wildman–Crippen LogP) is 4.41. The smallest absolute Gasteiger partial charge is 0.309 e. The maximum atomic E-state index is 12.6. The van der Waals surface area contributed by atoms with Gasteiger partial charge in [0.1, 0.15) is 5.76 Å². The maximum Gasteiger partial charge on any atom is 0.309 e. The van der Waals surface area contributed by atoms with Crippen LogP contribution in [0, 0.1) is 24.7 Å². The molecule has 0 unspecified atom stereocenters. The number of halogens is 1. The number of ether oxygens (including phenoxy) is 1. The van der Waals surface area contributed by atoms with Crippen LogP contribution in [-0.4, -0.2) is 18.4 Å². The van der Waals surface area contributed by atoms with Crippen LogP contribution in [0.4, 0.5) is 0 Å². The summed E-state index contributed by atoms with van der Waals surface area (Å²) in [4.78, 5) is 24.5. The number of esters is 1. The number of hydrogen-bond acceptors (Lipinski definition) is 4. The molecule has 0 N–H and O–H groups in total. The van der Waals surface area contributed by atoms with Gasteiger partial charge in [0.15, 0.2) is 11.4 Å². The Labute approximate surface area is 139 Å². The van der Waals surface area contributed by atoms with Crippen molar-refractivity contribution < 1.29 is 18.7 Å². The zero-order valence-electron chi connectivity index (χ0n) is 13.4. The molecular weight excluding hydrogens is 316 g/mol. The number of fused-ring (bicyclic) bond motifs is 1. The highest BCUT2D eigenvalue weighted by atomic mass is 35.5. The zero-order valence-corrected chi connectivity index (χ0v) is 14.1. The molecule has 2 atom stereocenters. The molecule has 3 rings (SSSR count). The fourth-order valence-corrected chi connectivity index (χ4v) is 2.96. The summed E-state index contributed by atoms with van der Waals surface area (Å²) in [7, 11) is 0. The van der Waals surface area contributed by atoms with Gasteiger partial charge in [-0.2, -0.15) is 0 Å². The van der Waals surface area contributed by atoms with Gasteiger partial charge in [-0.05, 0) is 37.5 Å². The van der Waals surface area contributed by atoms with E-state index in [9.17, 15) is 9.59 Å². The Balaban J connectivity index is 1.73. The molecule has 0 amide bonds. The van der Waals surface area contributed by atoms with Crippen molar-refractivity contribution in [2.24, 2.45) is 17.8 Å². The first-order chi connectivity index (χ1) is 10.9. The molecule has 0 radical (unpaired) electrons. The van der Waals surface area contributed by atoms with Gasteiger partial charge in [-0.1, -0.05) is 25.4 Å². The molecule has 0 saturated heterocycles. The molecule has 2 aromatic rings. The summed E-state index contributed by atoms with van der Waals surface area (Å²) in [5.41, 5.74) is 1.11. The molecule has 0 spiro atoms. The maximum absolute atomic E-state index is 12.6. The molecule has 1 aliphatic rings. The van der Waals surface area contributed by atoms with Crippen LogP contribution in [0.15, 0.2) is 22.6 Å². The Morgan fingerprint density at radius 3 is 2.74 bits per heavy atom. The number of hydrogen-bond donors (Lipinski definition) is 0. The van der Waals surface area contributed by atoms with E-state index in [1.165, 1.54) is 0 Å². The first-order valence-corrected chi connectivity index (χ1v) is 8.15. The highest BCUT2D eigenvalue weighted by Crippen LogP contribution is 2.43. The second-order valence-electron chi connectivity index (χ2n) is 6.57. The number of rotatable bonds is 5. The van der Waals surface area contributed by atoms with Crippen molar-refractivity contribution in [3.05, 3.63) is 34.5 Å². The van der Waals surface area contributed by atoms with Crippen LogP contribution in [0.2, 0.25) is 5.02 Å². The van der Waals surface area contributed by atoms with Crippen molar-refractivity contribution >= 4 is 34.3 Å². The first kappa shape index (κ1) is 16.1. The summed E-state index contributed by atoms with van der Waals surface area (Å²) in [6, 6.07) is 5.23. The van der Waals surface area contributed by atoms with Crippen molar-refractivity contribution in [1.29, 1.82) is 0 Å². The summed E-state index contributed by atoms with van der Waals surface area (Å²) in [6.07, 6.45) is 0.551. The van der Waals surface area contributed by atoms with Crippen LogP contribution in [-0.2, 0) is 9.53 Å². The van der Waals surface area contributed by atoms with Gasteiger partial charge < -0.3 is 9.15 Å². The van der Waals surface area contributed by atoms with Gasteiger partial charge in [-0.15, -0.1) is 0 Å². The minimum absolute atomic E-state index is 0.0563. The van der Waals surface area contributed by atoms with Gasteiger partial charge in [0.25, 0.3) is 0 Å². The third-order valence-electron chi connectivity index (χ3n) is 3.97. The van der Waals surface area contributed by atoms with Gasteiger partial charge in [0, 0.05) is 16.9 Å². The number of furan rings is 1. The van der Waals surface area contributed by atoms with Gasteiger partial charge in [0.05, 0.1) is 17.5 Å². The monoisotopic (exact) mass is 334 g/mol. The summed E-state index contributed by atoms with van der Waals surface area (Å²) in [5.74, 6) is 0.0889. The molecule has 122 valence electrons. The van der Waals surface area contributed by atoms with E-state index in [4.69, 9.17) is 20.8 Å². The molecule has 1 aliphatic carbocycles. The summed E-state index contributed by atoms with van der Waals surface area (Å²) in [6.45, 7) is 6.18. The van der Waals surface area contributed by atoms with Gasteiger partial charge >= 0.3 is 5.97 Å². The van der Waals surface area contributed by atoms with E-state index in [-0.39, 0.29) is 29.5 Å². The van der Waals surface area contributed by atoms with Crippen LogP contribution in [0.25, 0.3) is 11.0 Å². The molecule has 4 nitrogen and oxygen atoms in total. The average molecular weight is 335 g/mol. The van der Waals surface area contributed by atoms with E-state index in [0.717, 1.165) is 11.1 Å². The number of carbonyl (C=O) groups is 2. The Hall–Kier alpha value is -1.81. The normalized spacial score (nSPS) is 20.0. The van der Waals surface area contributed by atoms with E-state index in [1.54, 1.807) is 12.1 Å². The summed E-state index contributed by atoms with van der Waals surface area (Å²) >= 11 is 6.19. The largest absolute Gasteiger partial charge is 0.465 e. The van der Waals surface area contributed by atoms with Gasteiger partial charge in [0.2, 0.25) is 0 Å². The van der Waals surface area contributed by atoms with Crippen LogP contribution in [0.5, 0.6) is 0 Å². The van der Waals surface area contributed by atoms with Crippen molar-refractivity contribution in [2.45, 2.75) is 27.2 Å². The number of carbonyl (C=O) groups excluding carboxylic acids is 2. The van der Waals surface area contributed by atoms with E-state index in [1.807, 2.05) is 26.8 Å². The fourth-order valence-electron chi connectivity index (χ4n) is 2.70. The lowest BCUT2D eigenvalue weighted by molar-refractivity contribution is -0.146. The highest BCUT2D eigenvalue weighted by molar-refractivity contribution is 6.35. The number of ketones is 1. The minimum atomic E-state index is -0.318. The molecule has 5 heteroatoms. The number of Topliss-reactive ketones (excluding diaryl/α,β-unsaturated/α-hetero) is 1. The third kappa shape index (κ3) is 3.27. The van der Waals surface area contributed by atoms with Crippen LogP contribution in [0.3, 0.4) is 0 Å². The number of benzene rings is 1. The zero-order chi connectivity index (χ0) is 16.7. The number of aryl methyl sites for hydroxylation is 1. The second-order valence-corrected chi connectivity index (χ2v) is 6.98. The molecule has 23 heavy (non-hydrogen) atoms. The molecule has 0 aliphatic heterocycles. The van der Waals surface area contributed by atoms with Gasteiger partial charge in [-0.3, -0.25) is 9.59 Å². The lowest BCUT2D eigenvalue weighted by Gasteiger charge is -2.06. The molecule has 0 bridgehead atoms. The fraction of sp³-hybridized carbons (Fsp3) is 0.444. The molecule has 1 saturated carbocycles. The Bertz CT molecular complexity index is 775. The predicted molar refractivity (Wildman–Crippen MR) is 87.7 cm³/mol. The molecule has 1 heterocycles. The molecular formula is C18H19ClO4. The lowest BCUT2D eigenvalue weighted by Crippen LogP contribution is -2.14. The quantitative estimate of drug-likeness (QED) is 0.600. The van der Waals surface area contributed by atoms with Crippen molar-refractivity contribution in [2.75, 3.05) is 6.61 Å². The third-order valence-corrected chi connectivity index (χ3v) is 4.25. The van der Waals surface area contributed by atoms with E-state index in [2.05, 4.69) is 0 Å². The second kappa shape index (κ2) is 6.00. The van der Waals surface area contributed by atoms with Crippen LogP contribution >= 0.6 is 11.6 Å². The van der Waals surface area contributed by atoms with Crippen molar-refractivity contribution in [1.82, 2.24) is 0 Å². The Kier molecular flexibility index (Phi) is 4.19. The van der Waals surface area contributed by atoms with Crippen molar-refractivity contribution in [3.8, 4) is 0 Å². The first-order valence-electron chi connectivity index (χ1n) is 7.77. The average Bonchev–Trinajstić information content (AvgIpc) is 3.19. The molecule has 1 aromatic heterocycles. The SMILES string of the molecule is Cc1cc2cc(C(=O)[C@H]3C[C@@H]3C(=O)OCC(C)C)cc(Cl)c2o1. The van der Waals surface area contributed by atoms with Crippen molar-refractivity contribution in [3.63, 3.8) is 0 Å². The molecule has 1 aromatic carbocycles. The van der Waals surface area contributed by atoms with Crippen LogP contribution in [0.1, 0.15) is 36.4 Å². The van der Waals surface area contributed by atoms with Gasteiger partial charge in [-0.25, -0.2) is 0 Å². The van der Waals surface area contributed by atoms with E-state index >= 15 is 0 Å². The Morgan fingerprint density at radius 2 is 2.04 bits per heavy atom. The topological polar surface area (TPSA) is 56.5 Å². The molecule has 1 fully saturated rings. The van der Waals surface area contributed by atoms with E-state index < -0.39 is 0 Å². The van der Waals surface area contributed by atoms with Crippen LogP contribution < -0.4 is 0 Å².